The number of rotatable bonds is 10. The van der Waals surface area contributed by atoms with E-state index in [-0.39, 0.29) is 35.3 Å². The van der Waals surface area contributed by atoms with Crippen molar-refractivity contribution in [1.82, 2.24) is 5.32 Å². The van der Waals surface area contributed by atoms with E-state index in [9.17, 15) is 39.3 Å². The molecule has 1 amide bonds. The van der Waals surface area contributed by atoms with E-state index in [4.69, 9.17) is 23.7 Å². The smallest absolute Gasteiger partial charge is 0.338 e. The van der Waals surface area contributed by atoms with Crippen LogP contribution in [0.2, 0.25) is 0 Å². The molecule has 0 unspecified atom stereocenters. The molecule has 420 valence electrons. The summed E-state index contributed by atoms with van der Waals surface area (Å²) in [5.74, 6) is -6.84. The van der Waals surface area contributed by atoms with E-state index in [1.54, 1.807) is 92.7 Å². The first-order valence-corrected chi connectivity index (χ1v) is 27.4. The Labute approximate surface area is 473 Å². The summed E-state index contributed by atoms with van der Waals surface area (Å²) < 4.78 is 30.3. The van der Waals surface area contributed by atoms with Gasteiger partial charge in [-0.2, -0.15) is 0 Å². The largest absolute Gasteiger partial charge is 0.456 e. The van der Waals surface area contributed by atoms with Gasteiger partial charge in [0.1, 0.15) is 23.9 Å². The number of nitrogens with one attached hydrogen (secondary N) is 1. The van der Waals surface area contributed by atoms with E-state index in [0.717, 1.165) is 13.8 Å². The molecular weight excluding hydrogens is 1040 g/mol. The predicted molar refractivity (Wildman–Crippen MR) is 305 cm³/mol. The minimum absolute atomic E-state index is 0.00289. The summed E-state index contributed by atoms with van der Waals surface area (Å²) in [5, 5.41) is 51.1. The van der Waals surface area contributed by atoms with Gasteiger partial charge in [0.05, 0.1) is 35.6 Å². The van der Waals surface area contributed by atoms with Gasteiger partial charge in [-0.05, 0) is 97.9 Å². The van der Waals surface area contributed by atoms with Gasteiger partial charge in [-0.15, -0.1) is 0 Å². The number of fused-ring (bicyclic) bond motifs is 7. The van der Waals surface area contributed by atoms with Crippen molar-refractivity contribution in [1.29, 1.82) is 0 Å². The Balaban J connectivity index is 0.000000290. The molecule has 2 saturated carbocycles. The topological polar surface area (TPSA) is 221 Å². The number of carbonyl (C=O) groups excluding carboxylic acids is 6. The fourth-order valence-electron chi connectivity index (χ4n) is 13.8. The number of hydrogen-bond acceptors (Lipinski definition) is 14. The van der Waals surface area contributed by atoms with E-state index in [2.05, 4.69) is 78.1 Å². The van der Waals surface area contributed by atoms with Gasteiger partial charge in [0.25, 0.3) is 5.91 Å². The lowest BCUT2D eigenvalue weighted by Crippen LogP contribution is -2.82. The zero-order valence-corrected chi connectivity index (χ0v) is 46.2. The lowest BCUT2D eigenvalue weighted by molar-refractivity contribution is -0.346. The molecule has 2 bridgehead atoms. The number of ether oxygens (including phenoxy) is 5. The maximum atomic E-state index is 15.5. The Bertz CT molecular complexity index is 3680. The van der Waals surface area contributed by atoms with Gasteiger partial charge in [0, 0.05) is 37.7 Å². The van der Waals surface area contributed by atoms with Crippen LogP contribution in [0.15, 0.2) is 175 Å². The number of Topliss-reactive ketones (excluding diaryl/α,β-unsaturated/α-hetero) is 1. The molecule has 8 aromatic carbocycles. The number of ketones is 1. The Morgan fingerprint density at radius 1 is 0.659 bits per heavy atom. The lowest BCUT2D eigenvalue weighted by Gasteiger charge is -2.67. The van der Waals surface area contributed by atoms with Crippen molar-refractivity contribution in [3.63, 3.8) is 0 Å². The number of esters is 4. The van der Waals surface area contributed by atoms with Crippen LogP contribution in [0.25, 0.3) is 43.1 Å². The Morgan fingerprint density at radius 3 is 1.66 bits per heavy atom. The summed E-state index contributed by atoms with van der Waals surface area (Å²) in [6.07, 6.45) is -10.5. The molecule has 0 aromatic heterocycles. The Morgan fingerprint density at radius 2 is 1.17 bits per heavy atom. The highest BCUT2D eigenvalue weighted by atomic mass is 16.6. The van der Waals surface area contributed by atoms with E-state index in [1.807, 2.05) is 0 Å². The normalized spacial score (nSPS) is 27.0. The molecular formula is C67H63NO14. The van der Waals surface area contributed by atoms with Crippen molar-refractivity contribution in [2.45, 2.75) is 108 Å². The van der Waals surface area contributed by atoms with Crippen LogP contribution in [0, 0.1) is 16.7 Å². The van der Waals surface area contributed by atoms with Crippen LogP contribution in [-0.4, -0.2) is 105 Å². The number of amides is 1. The van der Waals surface area contributed by atoms with Gasteiger partial charge >= 0.3 is 23.9 Å². The molecule has 12 rings (SSSR count). The number of carbonyl (C=O) groups is 6. The second-order valence-electron chi connectivity index (χ2n) is 22.8. The molecule has 3 fully saturated rings. The van der Waals surface area contributed by atoms with Crippen LogP contribution in [0.3, 0.4) is 0 Å². The minimum Gasteiger partial charge on any atom is -0.456 e. The third-order valence-corrected chi connectivity index (χ3v) is 17.9. The lowest BCUT2D eigenvalue weighted by atomic mass is 9.44. The third-order valence-electron chi connectivity index (χ3n) is 17.9. The first-order chi connectivity index (χ1) is 39.2. The molecule has 82 heavy (non-hydrogen) atoms. The maximum absolute atomic E-state index is 15.5. The van der Waals surface area contributed by atoms with E-state index in [1.165, 1.54) is 69.1 Å². The summed E-state index contributed by atoms with van der Waals surface area (Å²) in [4.78, 5) is 83.5. The van der Waals surface area contributed by atoms with Gasteiger partial charge in [0.2, 0.25) is 0 Å². The fraction of sp³-hybridized carbons (Fsp3) is 0.313. The second kappa shape index (κ2) is 21.2. The molecule has 1 saturated heterocycles. The molecule has 4 N–H and O–H groups in total. The van der Waals surface area contributed by atoms with Crippen molar-refractivity contribution in [3.05, 3.63) is 192 Å². The van der Waals surface area contributed by atoms with Gasteiger partial charge in [-0.3, -0.25) is 19.2 Å². The molecule has 0 radical (unpaired) electrons. The highest BCUT2D eigenvalue weighted by molar-refractivity contribution is 6.32. The van der Waals surface area contributed by atoms with Crippen LogP contribution in [0.4, 0.5) is 0 Å². The molecule has 1 aliphatic heterocycles. The van der Waals surface area contributed by atoms with Gasteiger partial charge < -0.3 is 44.3 Å². The van der Waals surface area contributed by atoms with Crippen LogP contribution in [0.5, 0.6) is 0 Å². The highest BCUT2D eigenvalue weighted by Gasteiger charge is 2.78. The Kier molecular flexibility index (Phi) is 14.4. The predicted octanol–water partition coefficient (Wildman–Crippen LogP) is 9.47. The SMILES string of the molecule is CC(=O)O[C@H]1C(=O)[C@@]2(C)[C@H]([C@H](OC(=O)c3ccccc3)[C@]3(O)C[C@H](OC(=O)[C@H](O)[C@@H](NC(=O)c4ccccc4)c4ccccc4)C(C)=C1C3(C)C)[C@]1(OC(C)=O)CO[C@@H]1C[C@@H]2O.c1cc2cccc3c4cccc5cccc(c(c1)c23)c54. The first kappa shape index (κ1) is 55.6. The molecule has 3 aliphatic carbocycles. The quantitative estimate of drug-likeness (QED) is 0.0330. The van der Waals surface area contributed by atoms with Crippen LogP contribution in [0.1, 0.15) is 86.7 Å². The third kappa shape index (κ3) is 9.07. The van der Waals surface area contributed by atoms with Crippen molar-refractivity contribution in [3.8, 4) is 0 Å². The second-order valence-corrected chi connectivity index (χ2v) is 22.8. The van der Waals surface area contributed by atoms with Gasteiger partial charge in [-0.1, -0.05) is 153 Å². The molecule has 11 atom stereocenters. The van der Waals surface area contributed by atoms with Crippen molar-refractivity contribution in [2.75, 3.05) is 6.61 Å². The summed E-state index contributed by atoms with van der Waals surface area (Å²) >= 11 is 0. The summed E-state index contributed by atoms with van der Waals surface area (Å²) in [5.41, 5.74) is -7.02. The molecule has 8 aromatic rings. The van der Waals surface area contributed by atoms with E-state index in [0.29, 0.717) is 5.56 Å². The maximum Gasteiger partial charge on any atom is 0.338 e. The average Bonchev–Trinajstić information content (AvgIpc) is 0.926. The highest BCUT2D eigenvalue weighted by Crippen LogP contribution is 2.64. The number of benzene rings is 8. The van der Waals surface area contributed by atoms with Crippen molar-refractivity contribution >= 4 is 78.7 Å². The van der Waals surface area contributed by atoms with Crippen LogP contribution < -0.4 is 5.32 Å². The fourth-order valence-corrected chi connectivity index (χ4v) is 13.8. The van der Waals surface area contributed by atoms with E-state index < -0.39 is 113 Å². The standard InChI is InChI=1S/C47H51NO14.C20H12/c1-25-31(60-43(56)36(52)35(28-16-10-7-11-17-28)48-41(54)29-18-12-8-13-19-29)23-47(57)40(61-42(55)30-20-14-9-15-21-30)38-45(6,32(51)22-33-46(38,24-58-33)62-27(3)50)39(53)37(59-26(2)49)34(25)44(47,4)5;1-5-13-6-2-11-17-18-12-4-8-14-7-3-10-16(20(14)18)15(9-1)19(13)17/h7-21,31-33,35-38,40,51-52,57H,22-24H2,1-6H3,(H,48,54);1-12H/t31-,32-,33+,35-,36+,37+,38-,40-,45+,46-,47+;/m0./s1. The van der Waals surface area contributed by atoms with Crippen molar-refractivity contribution < 1.29 is 67.8 Å². The minimum atomic E-state index is -2.39. The van der Waals surface area contributed by atoms with Gasteiger partial charge in [-0.25, -0.2) is 9.59 Å². The number of hydrogen-bond donors (Lipinski definition) is 4. The monoisotopic (exact) mass is 1110 g/mol. The van der Waals surface area contributed by atoms with Crippen molar-refractivity contribution in [2.24, 2.45) is 16.7 Å². The number of aliphatic hydroxyl groups excluding tert-OH is 2. The number of aliphatic hydroxyl groups is 3. The molecule has 4 aliphatic rings. The summed E-state index contributed by atoms with van der Waals surface area (Å²) in [6.45, 7) is 7.97. The zero-order valence-electron chi connectivity index (χ0n) is 46.2. The van der Waals surface area contributed by atoms with Gasteiger partial charge in [0.15, 0.2) is 23.6 Å². The summed E-state index contributed by atoms with van der Waals surface area (Å²) in [6, 6.07) is 49.4. The van der Waals surface area contributed by atoms with Crippen LogP contribution in [-0.2, 0) is 42.9 Å². The average molecular weight is 1110 g/mol. The van der Waals surface area contributed by atoms with Crippen LogP contribution >= 0.6 is 0 Å². The first-order valence-electron chi connectivity index (χ1n) is 27.4. The Hall–Kier alpha value is -8.34. The zero-order chi connectivity index (χ0) is 58.0. The molecule has 15 heteroatoms. The molecule has 0 spiro atoms. The molecule has 1 heterocycles. The molecule has 15 nitrogen and oxygen atoms in total. The summed E-state index contributed by atoms with van der Waals surface area (Å²) in [7, 11) is 0. The van der Waals surface area contributed by atoms with E-state index >= 15 is 4.79 Å².